The summed E-state index contributed by atoms with van der Waals surface area (Å²) in [6, 6.07) is 8.95. The SMILES string of the molecule is O=C(N1CCN(C2CC2)CC1c1ccccc1)C(F)(F)F. The van der Waals surface area contributed by atoms with Crippen LogP contribution < -0.4 is 0 Å². The Morgan fingerprint density at radius 3 is 2.33 bits per heavy atom. The first kappa shape index (κ1) is 14.4. The highest BCUT2D eigenvalue weighted by atomic mass is 19.4. The predicted molar refractivity (Wildman–Crippen MR) is 71.5 cm³/mol. The molecule has 2 aliphatic rings. The van der Waals surface area contributed by atoms with Gasteiger partial charge < -0.3 is 4.90 Å². The van der Waals surface area contributed by atoms with Crippen molar-refractivity contribution >= 4 is 5.91 Å². The number of nitrogens with zero attached hydrogens (tertiary/aromatic N) is 2. The average Bonchev–Trinajstić information content (AvgIpc) is 3.30. The first-order valence-corrected chi connectivity index (χ1v) is 7.13. The van der Waals surface area contributed by atoms with Crippen molar-refractivity contribution in [3.63, 3.8) is 0 Å². The molecule has 2 fully saturated rings. The minimum atomic E-state index is -4.81. The molecule has 21 heavy (non-hydrogen) atoms. The van der Waals surface area contributed by atoms with Crippen LogP contribution in [0.3, 0.4) is 0 Å². The standard InChI is InChI=1S/C15H17F3N2O/c16-15(17,18)14(21)20-9-8-19(12-6-7-12)10-13(20)11-4-2-1-3-5-11/h1-5,12-13H,6-10H2. The van der Waals surface area contributed by atoms with E-state index in [-0.39, 0.29) is 6.54 Å². The van der Waals surface area contributed by atoms with E-state index in [2.05, 4.69) is 4.90 Å². The summed E-state index contributed by atoms with van der Waals surface area (Å²) in [5, 5.41) is 0. The summed E-state index contributed by atoms with van der Waals surface area (Å²) >= 11 is 0. The van der Waals surface area contributed by atoms with Crippen molar-refractivity contribution in [1.82, 2.24) is 9.80 Å². The van der Waals surface area contributed by atoms with Gasteiger partial charge in [0.05, 0.1) is 6.04 Å². The van der Waals surface area contributed by atoms with Gasteiger partial charge in [-0.05, 0) is 18.4 Å². The van der Waals surface area contributed by atoms with Crippen LogP contribution in [-0.4, -0.2) is 47.6 Å². The Kier molecular flexibility index (Phi) is 3.65. The summed E-state index contributed by atoms with van der Waals surface area (Å²) in [5.74, 6) is -1.73. The Morgan fingerprint density at radius 2 is 1.76 bits per heavy atom. The maximum atomic E-state index is 12.8. The smallest absolute Gasteiger partial charge is 0.325 e. The second-order valence-corrected chi connectivity index (χ2v) is 5.65. The van der Waals surface area contributed by atoms with Crippen LogP contribution in [0.2, 0.25) is 0 Å². The molecule has 0 bridgehead atoms. The van der Waals surface area contributed by atoms with E-state index in [4.69, 9.17) is 0 Å². The second-order valence-electron chi connectivity index (χ2n) is 5.65. The number of hydrogen-bond donors (Lipinski definition) is 0. The van der Waals surface area contributed by atoms with Gasteiger partial charge in [0.2, 0.25) is 0 Å². The van der Waals surface area contributed by atoms with E-state index < -0.39 is 18.1 Å². The molecule has 3 rings (SSSR count). The Bertz CT molecular complexity index is 513. The van der Waals surface area contributed by atoms with Crippen LogP contribution in [0.5, 0.6) is 0 Å². The molecule has 0 spiro atoms. The molecule has 1 aliphatic heterocycles. The molecule has 1 aliphatic carbocycles. The number of rotatable bonds is 2. The van der Waals surface area contributed by atoms with E-state index in [1.54, 1.807) is 24.3 Å². The minimum absolute atomic E-state index is 0.133. The number of benzene rings is 1. The van der Waals surface area contributed by atoms with Crippen LogP contribution >= 0.6 is 0 Å². The summed E-state index contributed by atoms with van der Waals surface area (Å²) in [6.07, 6.45) is -2.60. The molecule has 1 heterocycles. The van der Waals surface area contributed by atoms with E-state index in [9.17, 15) is 18.0 Å². The monoisotopic (exact) mass is 298 g/mol. The molecule has 0 radical (unpaired) electrons. The first-order chi connectivity index (χ1) is 9.97. The van der Waals surface area contributed by atoms with Crippen LogP contribution in [0.1, 0.15) is 24.4 Å². The van der Waals surface area contributed by atoms with E-state index in [1.165, 1.54) is 0 Å². The average molecular weight is 298 g/mol. The predicted octanol–water partition coefficient (Wildman–Crippen LogP) is 2.60. The van der Waals surface area contributed by atoms with Crippen molar-refractivity contribution in [3.8, 4) is 0 Å². The van der Waals surface area contributed by atoms with Crippen LogP contribution in [0.25, 0.3) is 0 Å². The summed E-state index contributed by atoms with van der Waals surface area (Å²) in [4.78, 5) is 14.9. The normalized spacial score (nSPS) is 24.1. The molecule has 0 aromatic heterocycles. The van der Waals surface area contributed by atoms with Gasteiger partial charge in [-0.1, -0.05) is 30.3 Å². The lowest BCUT2D eigenvalue weighted by Crippen LogP contribution is -2.54. The van der Waals surface area contributed by atoms with Crippen molar-refractivity contribution < 1.29 is 18.0 Å². The number of carbonyl (C=O) groups is 1. The van der Waals surface area contributed by atoms with Gasteiger partial charge in [-0.25, -0.2) is 0 Å². The maximum Gasteiger partial charge on any atom is 0.471 e. The molecular weight excluding hydrogens is 281 g/mol. The molecule has 1 saturated heterocycles. The number of halogens is 3. The third-order valence-electron chi connectivity index (χ3n) is 4.16. The molecule has 1 atom stereocenters. The molecule has 6 heteroatoms. The van der Waals surface area contributed by atoms with Crippen LogP contribution in [0.4, 0.5) is 13.2 Å². The van der Waals surface area contributed by atoms with E-state index >= 15 is 0 Å². The third-order valence-corrected chi connectivity index (χ3v) is 4.16. The third kappa shape index (κ3) is 3.05. The Balaban J connectivity index is 1.85. The molecule has 1 saturated carbocycles. The van der Waals surface area contributed by atoms with Gasteiger partial charge in [-0.3, -0.25) is 9.69 Å². The van der Waals surface area contributed by atoms with Gasteiger partial charge in [-0.2, -0.15) is 13.2 Å². The molecule has 114 valence electrons. The number of piperazine rings is 1. The van der Waals surface area contributed by atoms with Gasteiger partial charge in [0.15, 0.2) is 0 Å². The maximum absolute atomic E-state index is 12.8. The molecule has 1 aromatic carbocycles. The van der Waals surface area contributed by atoms with Crippen LogP contribution in [0, 0.1) is 0 Å². The number of amides is 1. The first-order valence-electron chi connectivity index (χ1n) is 7.13. The largest absolute Gasteiger partial charge is 0.471 e. The number of carbonyl (C=O) groups excluding carboxylic acids is 1. The zero-order chi connectivity index (χ0) is 15.0. The van der Waals surface area contributed by atoms with E-state index in [0.29, 0.717) is 19.1 Å². The molecular formula is C15H17F3N2O. The molecule has 3 nitrogen and oxygen atoms in total. The summed E-state index contributed by atoms with van der Waals surface area (Å²) < 4.78 is 38.4. The van der Waals surface area contributed by atoms with Crippen LogP contribution in [-0.2, 0) is 4.79 Å². The van der Waals surface area contributed by atoms with E-state index in [0.717, 1.165) is 23.3 Å². The van der Waals surface area contributed by atoms with Crippen molar-refractivity contribution in [2.75, 3.05) is 19.6 Å². The highest BCUT2D eigenvalue weighted by Crippen LogP contribution is 2.35. The topological polar surface area (TPSA) is 23.6 Å². The highest BCUT2D eigenvalue weighted by molar-refractivity contribution is 5.82. The van der Waals surface area contributed by atoms with Crippen molar-refractivity contribution in [2.24, 2.45) is 0 Å². The Hall–Kier alpha value is -1.56. The second kappa shape index (κ2) is 5.33. The van der Waals surface area contributed by atoms with Crippen molar-refractivity contribution in [3.05, 3.63) is 35.9 Å². The van der Waals surface area contributed by atoms with Gasteiger partial charge in [0.25, 0.3) is 0 Å². The molecule has 1 aromatic rings. The van der Waals surface area contributed by atoms with E-state index in [1.807, 2.05) is 6.07 Å². The Labute approximate surface area is 121 Å². The zero-order valence-corrected chi connectivity index (χ0v) is 11.5. The lowest BCUT2D eigenvalue weighted by atomic mass is 10.0. The quantitative estimate of drug-likeness (QED) is 0.838. The number of hydrogen-bond acceptors (Lipinski definition) is 2. The van der Waals surface area contributed by atoms with Crippen LogP contribution in [0.15, 0.2) is 30.3 Å². The zero-order valence-electron chi connectivity index (χ0n) is 11.5. The number of alkyl halides is 3. The van der Waals surface area contributed by atoms with Crippen molar-refractivity contribution in [1.29, 1.82) is 0 Å². The lowest BCUT2D eigenvalue weighted by Gasteiger charge is -2.42. The fraction of sp³-hybridized carbons (Fsp3) is 0.533. The Morgan fingerprint density at radius 1 is 1.10 bits per heavy atom. The van der Waals surface area contributed by atoms with Gasteiger partial charge in [0.1, 0.15) is 0 Å². The van der Waals surface area contributed by atoms with Gasteiger partial charge >= 0.3 is 12.1 Å². The summed E-state index contributed by atoms with van der Waals surface area (Å²) in [6.45, 7) is 1.14. The summed E-state index contributed by atoms with van der Waals surface area (Å²) in [7, 11) is 0. The highest BCUT2D eigenvalue weighted by Gasteiger charge is 2.47. The molecule has 0 N–H and O–H groups in total. The van der Waals surface area contributed by atoms with Crippen molar-refractivity contribution in [2.45, 2.75) is 31.1 Å². The van der Waals surface area contributed by atoms with Gasteiger partial charge in [0, 0.05) is 25.7 Å². The molecule has 1 amide bonds. The fourth-order valence-electron chi connectivity index (χ4n) is 2.94. The van der Waals surface area contributed by atoms with Gasteiger partial charge in [-0.15, -0.1) is 0 Å². The minimum Gasteiger partial charge on any atom is -0.325 e. The molecule has 1 unspecified atom stereocenters. The fourth-order valence-corrected chi connectivity index (χ4v) is 2.94. The lowest BCUT2D eigenvalue weighted by molar-refractivity contribution is -0.190. The summed E-state index contributed by atoms with van der Waals surface area (Å²) in [5.41, 5.74) is 0.764.